The Hall–Kier alpha value is -0.960. The van der Waals surface area contributed by atoms with Gasteiger partial charge in [-0.1, -0.05) is 26.3 Å². The molecule has 0 aliphatic carbocycles. The molecule has 102 valence electrons. The summed E-state index contributed by atoms with van der Waals surface area (Å²) in [5.74, 6) is -0.518. The van der Waals surface area contributed by atoms with Crippen LogP contribution in [0, 0.1) is 17.6 Å². The number of hydrogen-bond donors (Lipinski definition) is 1. The van der Waals surface area contributed by atoms with Crippen LogP contribution in [0.25, 0.3) is 0 Å². The number of unbranched alkanes of at least 4 members (excludes halogenated alkanes) is 1. The molecule has 1 rings (SSSR count). The molecule has 0 aromatic heterocycles. The van der Waals surface area contributed by atoms with E-state index in [1.165, 1.54) is 12.1 Å². The Bertz CT molecular complexity index is 364. The molecule has 0 radical (unpaired) electrons. The molecule has 0 bridgehead atoms. The van der Waals surface area contributed by atoms with Crippen LogP contribution in [0.4, 0.5) is 8.78 Å². The van der Waals surface area contributed by atoms with Gasteiger partial charge < -0.3 is 5.11 Å². The van der Waals surface area contributed by atoms with Crippen molar-refractivity contribution in [1.29, 1.82) is 0 Å². The lowest BCUT2D eigenvalue weighted by Crippen LogP contribution is -2.09. The Morgan fingerprint density at radius 3 is 2.50 bits per heavy atom. The van der Waals surface area contributed by atoms with Crippen molar-refractivity contribution >= 4 is 0 Å². The van der Waals surface area contributed by atoms with Gasteiger partial charge >= 0.3 is 0 Å². The summed E-state index contributed by atoms with van der Waals surface area (Å²) in [6.07, 6.45) is 3.58. The molecule has 1 atom stereocenters. The highest BCUT2D eigenvalue weighted by Gasteiger charge is 2.07. The van der Waals surface area contributed by atoms with Crippen molar-refractivity contribution in [1.82, 2.24) is 0 Å². The molecular formula is C15H22F2O. The minimum absolute atomic E-state index is 0.261. The van der Waals surface area contributed by atoms with Crippen LogP contribution in [0.3, 0.4) is 0 Å². The normalized spacial score (nSPS) is 13.0. The number of aryl methyl sites for hydroxylation is 1. The summed E-state index contributed by atoms with van der Waals surface area (Å²) in [5.41, 5.74) is 0.551. The first kappa shape index (κ1) is 15.1. The summed E-state index contributed by atoms with van der Waals surface area (Å²) in [5, 5.41) is 9.68. The fraction of sp³-hybridized carbons (Fsp3) is 0.600. The van der Waals surface area contributed by atoms with E-state index in [0.29, 0.717) is 17.9 Å². The van der Waals surface area contributed by atoms with Crippen LogP contribution < -0.4 is 0 Å². The molecule has 0 fully saturated rings. The van der Waals surface area contributed by atoms with Gasteiger partial charge in [-0.2, -0.15) is 0 Å². The SMILES string of the molecule is CC(C)CC(O)CCCCc1ccc(F)cc1F. The van der Waals surface area contributed by atoms with E-state index in [1.54, 1.807) is 0 Å². The number of hydrogen-bond acceptors (Lipinski definition) is 1. The minimum atomic E-state index is -0.538. The van der Waals surface area contributed by atoms with Gasteiger partial charge in [0.1, 0.15) is 11.6 Å². The molecule has 1 unspecified atom stereocenters. The topological polar surface area (TPSA) is 20.2 Å². The number of halogens is 2. The Kier molecular flexibility index (Phi) is 6.27. The van der Waals surface area contributed by atoms with Crippen molar-refractivity contribution in [2.45, 2.75) is 52.1 Å². The predicted octanol–water partition coefficient (Wildman–Crippen LogP) is 4.08. The quantitative estimate of drug-likeness (QED) is 0.729. The van der Waals surface area contributed by atoms with Gasteiger partial charge in [0.25, 0.3) is 0 Å². The second kappa shape index (κ2) is 7.47. The zero-order valence-electron chi connectivity index (χ0n) is 11.1. The molecule has 18 heavy (non-hydrogen) atoms. The van der Waals surface area contributed by atoms with Gasteiger partial charge in [-0.05, 0) is 43.2 Å². The van der Waals surface area contributed by atoms with E-state index >= 15 is 0 Å². The summed E-state index contributed by atoms with van der Waals surface area (Å²) in [6, 6.07) is 3.70. The van der Waals surface area contributed by atoms with E-state index in [9.17, 15) is 13.9 Å². The Labute approximate surface area is 108 Å². The molecule has 0 saturated heterocycles. The van der Waals surface area contributed by atoms with Crippen LogP contribution >= 0.6 is 0 Å². The summed E-state index contributed by atoms with van der Waals surface area (Å²) in [4.78, 5) is 0. The van der Waals surface area contributed by atoms with Gasteiger partial charge in [0.05, 0.1) is 6.10 Å². The number of aliphatic hydroxyl groups excluding tert-OH is 1. The summed E-state index contributed by atoms with van der Waals surface area (Å²) in [6.45, 7) is 4.16. The summed E-state index contributed by atoms with van der Waals surface area (Å²) in [7, 11) is 0. The van der Waals surface area contributed by atoms with Crippen molar-refractivity contribution in [2.75, 3.05) is 0 Å². The van der Waals surface area contributed by atoms with E-state index in [1.807, 2.05) is 0 Å². The minimum Gasteiger partial charge on any atom is -0.393 e. The highest BCUT2D eigenvalue weighted by Crippen LogP contribution is 2.15. The maximum Gasteiger partial charge on any atom is 0.129 e. The molecule has 0 aliphatic rings. The zero-order chi connectivity index (χ0) is 13.5. The van der Waals surface area contributed by atoms with Crippen molar-refractivity contribution < 1.29 is 13.9 Å². The van der Waals surface area contributed by atoms with E-state index in [-0.39, 0.29) is 6.10 Å². The van der Waals surface area contributed by atoms with Crippen LogP contribution in [0.1, 0.15) is 45.1 Å². The van der Waals surface area contributed by atoms with Crippen LogP contribution in [0.5, 0.6) is 0 Å². The molecule has 0 heterocycles. The van der Waals surface area contributed by atoms with Crippen LogP contribution in [0.15, 0.2) is 18.2 Å². The van der Waals surface area contributed by atoms with Gasteiger partial charge in [-0.15, -0.1) is 0 Å². The zero-order valence-corrected chi connectivity index (χ0v) is 11.1. The van der Waals surface area contributed by atoms with Crippen LogP contribution in [-0.4, -0.2) is 11.2 Å². The maximum atomic E-state index is 13.3. The molecule has 1 N–H and O–H groups in total. The van der Waals surface area contributed by atoms with E-state index < -0.39 is 11.6 Å². The smallest absolute Gasteiger partial charge is 0.129 e. The molecule has 3 heteroatoms. The van der Waals surface area contributed by atoms with Gasteiger partial charge in [-0.25, -0.2) is 8.78 Å². The average Bonchev–Trinajstić information content (AvgIpc) is 2.25. The highest BCUT2D eigenvalue weighted by molar-refractivity contribution is 5.18. The second-order valence-corrected chi connectivity index (χ2v) is 5.26. The predicted molar refractivity (Wildman–Crippen MR) is 69.4 cm³/mol. The molecule has 1 aromatic rings. The third-order valence-corrected chi connectivity index (χ3v) is 2.99. The van der Waals surface area contributed by atoms with Gasteiger partial charge in [-0.3, -0.25) is 0 Å². The summed E-state index contributed by atoms with van der Waals surface area (Å²) >= 11 is 0. The third-order valence-electron chi connectivity index (χ3n) is 2.99. The number of benzene rings is 1. The Balaban J connectivity index is 2.25. The average molecular weight is 256 g/mol. The van der Waals surface area contributed by atoms with Crippen LogP contribution in [0.2, 0.25) is 0 Å². The molecule has 0 spiro atoms. The van der Waals surface area contributed by atoms with Crippen molar-refractivity contribution in [3.8, 4) is 0 Å². The molecule has 1 aromatic carbocycles. The van der Waals surface area contributed by atoms with E-state index in [2.05, 4.69) is 13.8 Å². The maximum absolute atomic E-state index is 13.3. The standard InChI is InChI=1S/C15H22F2O/c1-11(2)9-14(18)6-4-3-5-12-7-8-13(16)10-15(12)17/h7-8,10-11,14,18H,3-6,9H2,1-2H3. The molecular weight excluding hydrogens is 234 g/mol. The van der Waals surface area contributed by atoms with Gasteiger partial charge in [0.15, 0.2) is 0 Å². The first-order valence-corrected chi connectivity index (χ1v) is 6.61. The Morgan fingerprint density at radius 2 is 1.89 bits per heavy atom. The summed E-state index contributed by atoms with van der Waals surface area (Å²) < 4.78 is 26.0. The highest BCUT2D eigenvalue weighted by atomic mass is 19.1. The van der Waals surface area contributed by atoms with Gasteiger partial charge in [0.2, 0.25) is 0 Å². The van der Waals surface area contributed by atoms with E-state index in [4.69, 9.17) is 0 Å². The second-order valence-electron chi connectivity index (χ2n) is 5.26. The van der Waals surface area contributed by atoms with Gasteiger partial charge in [0, 0.05) is 6.07 Å². The molecule has 0 aliphatic heterocycles. The first-order valence-electron chi connectivity index (χ1n) is 6.61. The van der Waals surface area contributed by atoms with Crippen molar-refractivity contribution in [3.63, 3.8) is 0 Å². The fourth-order valence-electron chi connectivity index (χ4n) is 2.08. The van der Waals surface area contributed by atoms with Crippen LogP contribution in [-0.2, 0) is 6.42 Å². The molecule has 0 saturated carbocycles. The van der Waals surface area contributed by atoms with E-state index in [0.717, 1.165) is 31.7 Å². The molecule has 0 amide bonds. The first-order chi connectivity index (χ1) is 8.49. The number of rotatable bonds is 7. The largest absolute Gasteiger partial charge is 0.393 e. The Morgan fingerprint density at radius 1 is 1.17 bits per heavy atom. The van der Waals surface area contributed by atoms with Crippen molar-refractivity contribution in [3.05, 3.63) is 35.4 Å². The fourth-order valence-corrected chi connectivity index (χ4v) is 2.08. The lowest BCUT2D eigenvalue weighted by atomic mass is 10.00. The lowest BCUT2D eigenvalue weighted by molar-refractivity contribution is 0.136. The lowest BCUT2D eigenvalue weighted by Gasteiger charge is -2.12. The van der Waals surface area contributed by atoms with Crippen molar-refractivity contribution in [2.24, 2.45) is 5.92 Å². The third kappa shape index (κ3) is 5.58. The number of aliphatic hydroxyl groups is 1. The molecule has 1 nitrogen and oxygen atoms in total. The monoisotopic (exact) mass is 256 g/mol.